The van der Waals surface area contributed by atoms with Crippen molar-refractivity contribution in [2.24, 2.45) is 4.99 Å². The second-order valence-corrected chi connectivity index (χ2v) is 9.21. The lowest BCUT2D eigenvalue weighted by molar-refractivity contribution is 0.0730. The van der Waals surface area contributed by atoms with Crippen LogP contribution in [0.1, 0.15) is 25.3 Å². The number of fused-ring (bicyclic) bond motifs is 1. The number of hydrogen-bond donors (Lipinski definition) is 2. The monoisotopic (exact) mass is 433 g/mol. The molecular formula is C20H27N5O4S. The molecule has 1 aromatic rings. The number of aliphatic imine (C=N–C) groups is 1. The number of methoxy groups -OCH3 is 1. The fourth-order valence-electron chi connectivity index (χ4n) is 3.74. The Labute approximate surface area is 177 Å². The van der Waals surface area contributed by atoms with Crippen molar-refractivity contribution in [2.75, 3.05) is 40.5 Å². The van der Waals surface area contributed by atoms with Crippen LogP contribution in [-0.2, 0) is 14.8 Å². The quantitative estimate of drug-likeness (QED) is 0.700. The van der Waals surface area contributed by atoms with Crippen LogP contribution >= 0.6 is 0 Å². The van der Waals surface area contributed by atoms with Crippen molar-refractivity contribution < 1.29 is 17.9 Å². The van der Waals surface area contributed by atoms with Gasteiger partial charge in [0.1, 0.15) is 17.3 Å². The van der Waals surface area contributed by atoms with Gasteiger partial charge in [0, 0.05) is 20.1 Å². The number of amidine groups is 1. The van der Waals surface area contributed by atoms with Gasteiger partial charge in [0.05, 0.1) is 48.4 Å². The molecule has 0 bridgehead atoms. The Balaban J connectivity index is 1.72. The molecule has 0 unspecified atom stereocenters. The van der Waals surface area contributed by atoms with Gasteiger partial charge in [-0.3, -0.25) is 5.01 Å². The number of nitrogens with one attached hydrogen (secondary N) is 2. The van der Waals surface area contributed by atoms with E-state index in [-0.39, 0.29) is 4.90 Å². The third-order valence-electron chi connectivity index (χ3n) is 5.32. The maximum atomic E-state index is 13.1. The summed E-state index contributed by atoms with van der Waals surface area (Å²) in [5.74, 6) is 1.10. The van der Waals surface area contributed by atoms with Crippen LogP contribution in [-0.4, -0.2) is 64.0 Å². The molecule has 0 amide bonds. The number of nitrogens with zero attached hydrogens (tertiary/aromatic N) is 3. The van der Waals surface area contributed by atoms with Crippen LogP contribution in [0.15, 0.2) is 51.4 Å². The Kier molecular flexibility index (Phi) is 5.72. The summed E-state index contributed by atoms with van der Waals surface area (Å²) in [4.78, 5) is 4.76. The van der Waals surface area contributed by atoms with E-state index in [1.165, 1.54) is 4.31 Å². The van der Waals surface area contributed by atoms with E-state index in [1.54, 1.807) is 31.5 Å². The minimum absolute atomic E-state index is 0.212. The van der Waals surface area contributed by atoms with Crippen LogP contribution < -0.4 is 15.5 Å². The molecule has 9 nitrogen and oxygen atoms in total. The van der Waals surface area contributed by atoms with Crippen molar-refractivity contribution in [3.05, 3.63) is 47.1 Å². The van der Waals surface area contributed by atoms with Gasteiger partial charge in [-0.25, -0.2) is 13.4 Å². The van der Waals surface area contributed by atoms with E-state index in [9.17, 15) is 8.42 Å². The number of hydrazine groups is 1. The zero-order chi connectivity index (χ0) is 21.3. The summed E-state index contributed by atoms with van der Waals surface area (Å²) in [6, 6.07) is 4.87. The molecule has 0 aromatic heterocycles. The normalized spacial score (nSPS) is 19.6. The number of allylic oxidation sites excluding steroid dienone is 1. The number of sulfonamides is 1. The van der Waals surface area contributed by atoms with Gasteiger partial charge in [-0.2, -0.15) is 4.31 Å². The van der Waals surface area contributed by atoms with Gasteiger partial charge in [-0.15, -0.1) is 0 Å². The molecule has 0 radical (unpaired) electrons. The summed E-state index contributed by atoms with van der Waals surface area (Å²) in [5.41, 5.74) is 6.91. The first-order valence-electron chi connectivity index (χ1n) is 10.0. The van der Waals surface area contributed by atoms with Crippen LogP contribution in [0, 0.1) is 0 Å². The lowest BCUT2D eigenvalue weighted by Crippen LogP contribution is -2.40. The predicted molar refractivity (Wildman–Crippen MR) is 113 cm³/mol. The maximum absolute atomic E-state index is 13.1. The predicted octanol–water partition coefficient (Wildman–Crippen LogP) is 1.37. The molecule has 3 aliphatic rings. The Bertz CT molecular complexity index is 1030. The molecule has 3 aliphatic heterocycles. The molecule has 1 fully saturated rings. The van der Waals surface area contributed by atoms with Crippen LogP contribution in [0.3, 0.4) is 0 Å². The third kappa shape index (κ3) is 3.66. The SMILES string of the molecule is CCCC1=C2NC(c3cc(S(=O)(=O)N4CCOCC4)ccc3OC)=NC=C2N(C)N1. The number of ether oxygens (including phenoxy) is 2. The fourth-order valence-corrected chi connectivity index (χ4v) is 5.18. The molecule has 1 aromatic carbocycles. The summed E-state index contributed by atoms with van der Waals surface area (Å²) < 4.78 is 38.5. The van der Waals surface area contributed by atoms with Crippen molar-refractivity contribution in [3.8, 4) is 5.75 Å². The lowest BCUT2D eigenvalue weighted by Gasteiger charge is -2.26. The second kappa shape index (κ2) is 8.29. The molecule has 1 saturated heterocycles. The minimum atomic E-state index is -3.63. The summed E-state index contributed by atoms with van der Waals surface area (Å²) in [6.45, 7) is 3.62. The Morgan fingerprint density at radius 1 is 1.27 bits per heavy atom. The van der Waals surface area contributed by atoms with Crippen LogP contribution in [0.4, 0.5) is 0 Å². The highest BCUT2D eigenvalue weighted by atomic mass is 32.2. The highest BCUT2D eigenvalue weighted by Gasteiger charge is 2.30. The summed E-state index contributed by atoms with van der Waals surface area (Å²) in [5, 5.41) is 5.30. The highest BCUT2D eigenvalue weighted by molar-refractivity contribution is 7.89. The molecule has 4 rings (SSSR count). The molecule has 3 heterocycles. The first-order valence-corrected chi connectivity index (χ1v) is 11.4. The van der Waals surface area contributed by atoms with Crippen LogP contribution in [0.2, 0.25) is 0 Å². The van der Waals surface area contributed by atoms with E-state index in [0.29, 0.717) is 43.5 Å². The Hall–Kier alpha value is -2.56. The van der Waals surface area contributed by atoms with E-state index in [0.717, 1.165) is 29.9 Å². The minimum Gasteiger partial charge on any atom is -0.496 e. The van der Waals surface area contributed by atoms with Gasteiger partial charge in [-0.05, 0) is 24.6 Å². The Morgan fingerprint density at radius 3 is 2.73 bits per heavy atom. The van der Waals surface area contributed by atoms with Crippen molar-refractivity contribution in [3.63, 3.8) is 0 Å². The second-order valence-electron chi connectivity index (χ2n) is 7.27. The molecule has 0 saturated carbocycles. The van der Waals surface area contributed by atoms with Gasteiger partial charge in [0.15, 0.2) is 0 Å². The van der Waals surface area contributed by atoms with Crippen LogP contribution in [0.25, 0.3) is 0 Å². The third-order valence-corrected chi connectivity index (χ3v) is 7.21. The molecular weight excluding hydrogens is 406 g/mol. The summed E-state index contributed by atoms with van der Waals surface area (Å²) in [7, 11) is -0.128. The standard InChI is InChI=1S/C20H27N5O4S/c1-4-5-16-19-17(24(2)23-16)13-21-20(22-19)15-12-14(6-7-18(15)28-3)30(26,27)25-8-10-29-11-9-25/h6-7,12-13,23H,4-5,8-11H2,1-3H3,(H,21,22). The molecule has 0 aliphatic carbocycles. The Morgan fingerprint density at radius 2 is 2.03 bits per heavy atom. The number of rotatable bonds is 6. The highest BCUT2D eigenvalue weighted by Crippen LogP contribution is 2.30. The number of benzene rings is 1. The molecule has 162 valence electrons. The summed E-state index contributed by atoms with van der Waals surface area (Å²) >= 11 is 0. The van der Waals surface area contributed by atoms with E-state index in [4.69, 9.17) is 9.47 Å². The van der Waals surface area contributed by atoms with Gasteiger partial charge < -0.3 is 20.2 Å². The van der Waals surface area contributed by atoms with E-state index in [1.807, 2.05) is 12.1 Å². The lowest BCUT2D eigenvalue weighted by atomic mass is 10.1. The maximum Gasteiger partial charge on any atom is 0.243 e. The zero-order valence-corrected chi connectivity index (χ0v) is 18.3. The molecule has 0 atom stereocenters. The van der Waals surface area contributed by atoms with E-state index >= 15 is 0 Å². The average molecular weight is 434 g/mol. The molecule has 30 heavy (non-hydrogen) atoms. The van der Waals surface area contributed by atoms with Crippen LogP contribution in [0.5, 0.6) is 5.75 Å². The first-order chi connectivity index (χ1) is 14.5. The molecule has 10 heteroatoms. The topological polar surface area (TPSA) is 95.5 Å². The fraction of sp³-hybridized carbons (Fsp3) is 0.450. The van der Waals surface area contributed by atoms with Gasteiger partial charge in [0.25, 0.3) is 0 Å². The molecule has 0 spiro atoms. The van der Waals surface area contributed by atoms with Crippen molar-refractivity contribution in [2.45, 2.75) is 24.7 Å². The van der Waals surface area contributed by atoms with Crippen molar-refractivity contribution in [1.29, 1.82) is 0 Å². The zero-order valence-electron chi connectivity index (χ0n) is 17.4. The largest absolute Gasteiger partial charge is 0.496 e. The van der Waals surface area contributed by atoms with E-state index < -0.39 is 10.0 Å². The van der Waals surface area contributed by atoms with Crippen molar-refractivity contribution in [1.82, 2.24) is 20.1 Å². The number of morpholine rings is 1. The smallest absolute Gasteiger partial charge is 0.243 e. The van der Waals surface area contributed by atoms with Gasteiger partial charge in [-0.1, -0.05) is 13.3 Å². The first kappa shape index (κ1) is 20.7. The van der Waals surface area contributed by atoms with Gasteiger partial charge in [0.2, 0.25) is 10.0 Å². The van der Waals surface area contributed by atoms with Gasteiger partial charge >= 0.3 is 0 Å². The van der Waals surface area contributed by atoms with Crippen molar-refractivity contribution >= 4 is 15.9 Å². The van der Waals surface area contributed by atoms with E-state index in [2.05, 4.69) is 22.7 Å². The number of hydrogen-bond acceptors (Lipinski definition) is 8. The number of likely N-dealkylation sites (N-methyl/N-ethyl adjacent to an activating group) is 1. The molecule has 2 N–H and O–H groups in total. The summed E-state index contributed by atoms with van der Waals surface area (Å²) in [6.07, 6.45) is 3.66. The average Bonchev–Trinajstić information content (AvgIpc) is 3.09.